The number of benzene rings is 2. The molecule has 168 valence electrons. The smallest absolute Gasteiger partial charge is 0.240 e. The van der Waals surface area contributed by atoms with Gasteiger partial charge in [0.2, 0.25) is 5.91 Å². The monoisotopic (exact) mass is 422 g/mol. The Hall–Kier alpha value is -2.62. The van der Waals surface area contributed by atoms with Gasteiger partial charge in [-0.3, -0.25) is 4.79 Å². The third-order valence-electron chi connectivity index (χ3n) is 5.43. The van der Waals surface area contributed by atoms with Gasteiger partial charge in [0.1, 0.15) is 5.75 Å². The number of aryl methyl sites for hydroxylation is 1. The zero-order valence-electron chi connectivity index (χ0n) is 20.3. The summed E-state index contributed by atoms with van der Waals surface area (Å²) in [6, 6.07) is 12.2. The molecule has 1 amide bonds. The summed E-state index contributed by atoms with van der Waals surface area (Å²) in [5.74, 6) is 0.724. The number of phenolic OH excluding ortho intramolecular Hbond substituents is 1. The van der Waals surface area contributed by atoms with Crippen LogP contribution in [0.2, 0.25) is 0 Å². The molecule has 0 saturated carbocycles. The van der Waals surface area contributed by atoms with E-state index in [9.17, 15) is 9.90 Å². The molecule has 4 nitrogen and oxygen atoms in total. The number of rotatable bonds is 6. The fraction of sp³-hybridized carbons (Fsp3) is 0.481. The minimum atomic E-state index is -0.183. The van der Waals surface area contributed by atoms with Gasteiger partial charge in [0, 0.05) is 6.42 Å². The van der Waals surface area contributed by atoms with Gasteiger partial charge >= 0.3 is 0 Å². The highest BCUT2D eigenvalue weighted by atomic mass is 16.3. The van der Waals surface area contributed by atoms with E-state index in [-0.39, 0.29) is 16.7 Å². The predicted molar refractivity (Wildman–Crippen MR) is 130 cm³/mol. The molecule has 0 saturated heterocycles. The van der Waals surface area contributed by atoms with Crippen LogP contribution in [0.25, 0.3) is 0 Å². The van der Waals surface area contributed by atoms with Crippen LogP contribution in [-0.4, -0.2) is 17.2 Å². The van der Waals surface area contributed by atoms with E-state index in [0.29, 0.717) is 24.5 Å². The second kappa shape index (κ2) is 9.67. The van der Waals surface area contributed by atoms with E-state index < -0.39 is 0 Å². The molecular weight excluding hydrogens is 384 g/mol. The number of carbonyl (C=O) groups is 1. The lowest BCUT2D eigenvalue weighted by Gasteiger charge is -2.28. The Bertz CT molecular complexity index is 892. The van der Waals surface area contributed by atoms with Crippen LogP contribution in [0.3, 0.4) is 0 Å². The molecule has 0 aliphatic carbocycles. The number of nitrogens with one attached hydrogen (secondary N) is 1. The van der Waals surface area contributed by atoms with Crippen molar-refractivity contribution < 1.29 is 9.90 Å². The first-order chi connectivity index (χ1) is 14.3. The lowest BCUT2D eigenvalue weighted by Crippen LogP contribution is -2.20. The molecule has 0 fully saturated rings. The van der Waals surface area contributed by atoms with Gasteiger partial charge in [-0.15, -0.1) is 0 Å². The maximum Gasteiger partial charge on any atom is 0.240 e. The van der Waals surface area contributed by atoms with Crippen molar-refractivity contribution in [3.63, 3.8) is 0 Å². The number of amides is 1. The fourth-order valence-corrected chi connectivity index (χ4v) is 3.44. The zero-order valence-corrected chi connectivity index (χ0v) is 20.3. The summed E-state index contributed by atoms with van der Waals surface area (Å²) >= 11 is 0. The van der Waals surface area contributed by atoms with E-state index in [0.717, 1.165) is 22.3 Å². The molecule has 0 heterocycles. The molecule has 2 N–H and O–H groups in total. The van der Waals surface area contributed by atoms with E-state index in [1.54, 1.807) is 6.21 Å². The van der Waals surface area contributed by atoms with Crippen LogP contribution >= 0.6 is 0 Å². The Morgan fingerprint density at radius 1 is 1.00 bits per heavy atom. The molecule has 2 rings (SSSR count). The molecule has 2 aromatic carbocycles. The highest BCUT2D eigenvalue weighted by molar-refractivity contribution is 5.82. The van der Waals surface area contributed by atoms with Crippen LogP contribution in [0, 0.1) is 0 Å². The third-order valence-corrected chi connectivity index (χ3v) is 5.43. The first-order valence-corrected chi connectivity index (χ1v) is 11.1. The lowest BCUT2D eigenvalue weighted by atomic mass is 9.78. The van der Waals surface area contributed by atoms with Crippen molar-refractivity contribution in [3.05, 3.63) is 64.2 Å². The maximum atomic E-state index is 12.3. The molecule has 0 aliphatic rings. The second-order valence-corrected chi connectivity index (χ2v) is 10.7. The van der Waals surface area contributed by atoms with Crippen molar-refractivity contribution in [3.8, 4) is 5.75 Å². The topological polar surface area (TPSA) is 61.7 Å². The number of hydrazone groups is 1. The van der Waals surface area contributed by atoms with E-state index >= 15 is 0 Å². The SMILES string of the molecule is CC(C)c1ccc(/C=N\NC(=O)CCc2cc(C(C)(C)C)c(O)c(C(C)(C)C)c2)cc1. The van der Waals surface area contributed by atoms with Crippen molar-refractivity contribution in [1.82, 2.24) is 5.43 Å². The summed E-state index contributed by atoms with van der Waals surface area (Å²) in [6.07, 6.45) is 2.59. The average molecular weight is 423 g/mol. The molecule has 0 radical (unpaired) electrons. The number of hydrogen-bond acceptors (Lipinski definition) is 3. The first kappa shape index (κ1) is 24.6. The minimum Gasteiger partial charge on any atom is -0.507 e. The van der Waals surface area contributed by atoms with Gasteiger partial charge < -0.3 is 5.11 Å². The summed E-state index contributed by atoms with van der Waals surface area (Å²) in [4.78, 5) is 12.3. The summed E-state index contributed by atoms with van der Waals surface area (Å²) in [7, 11) is 0. The number of aromatic hydroxyl groups is 1. The Labute approximate surface area is 187 Å². The minimum absolute atomic E-state index is 0.127. The van der Waals surface area contributed by atoms with Crippen LogP contribution in [0.15, 0.2) is 41.5 Å². The van der Waals surface area contributed by atoms with Gasteiger partial charge in [-0.05, 0) is 51.0 Å². The Balaban J connectivity index is 2.05. The van der Waals surface area contributed by atoms with Gasteiger partial charge in [-0.25, -0.2) is 5.43 Å². The molecule has 0 unspecified atom stereocenters. The highest BCUT2D eigenvalue weighted by Crippen LogP contribution is 2.39. The van der Waals surface area contributed by atoms with Gasteiger partial charge in [0.15, 0.2) is 0 Å². The number of carbonyl (C=O) groups excluding carboxylic acids is 1. The molecule has 2 aromatic rings. The first-order valence-electron chi connectivity index (χ1n) is 11.1. The van der Waals surface area contributed by atoms with Crippen LogP contribution in [0.4, 0.5) is 0 Å². The van der Waals surface area contributed by atoms with Crippen LogP contribution < -0.4 is 5.43 Å². The fourth-order valence-electron chi connectivity index (χ4n) is 3.44. The summed E-state index contributed by atoms with van der Waals surface area (Å²) in [5.41, 5.74) is 7.37. The largest absolute Gasteiger partial charge is 0.507 e. The van der Waals surface area contributed by atoms with E-state index in [1.165, 1.54) is 5.56 Å². The molecule has 31 heavy (non-hydrogen) atoms. The zero-order chi connectivity index (χ0) is 23.4. The molecule has 4 heteroatoms. The summed E-state index contributed by atoms with van der Waals surface area (Å²) in [5, 5.41) is 14.9. The quantitative estimate of drug-likeness (QED) is 0.430. The van der Waals surface area contributed by atoms with Gasteiger partial charge in [0.25, 0.3) is 0 Å². The average Bonchev–Trinajstić information content (AvgIpc) is 2.65. The number of phenols is 1. The Morgan fingerprint density at radius 2 is 1.52 bits per heavy atom. The van der Waals surface area contributed by atoms with Crippen LogP contribution in [0.5, 0.6) is 5.75 Å². The standard InChI is InChI=1S/C27H38N2O2/c1-18(2)21-12-9-19(10-13-21)17-28-29-24(30)14-11-20-15-22(26(3,4)5)25(31)23(16-20)27(6,7)8/h9-10,12-13,15-18,31H,11,14H2,1-8H3,(H,29,30)/b28-17-. The summed E-state index contributed by atoms with van der Waals surface area (Å²) in [6.45, 7) is 16.9. The van der Waals surface area contributed by atoms with Gasteiger partial charge in [-0.2, -0.15) is 5.10 Å². The summed E-state index contributed by atoms with van der Waals surface area (Å²) < 4.78 is 0. The van der Waals surface area contributed by atoms with Gasteiger partial charge in [-0.1, -0.05) is 91.8 Å². The molecule has 0 atom stereocenters. The van der Waals surface area contributed by atoms with E-state index in [1.807, 2.05) is 24.3 Å². The van der Waals surface area contributed by atoms with Crippen LogP contribution in [-0.2, 0) is 22.0 Å². The third kappa shape index (κ3) is 6.95. The molecule has 0 aliphatic heterocycles. The highest BCUT2D eigenvalue weighted by Gasteiger charge is 2.26. The second-order valence-electron chi connectivity index (χ2n) is 10.7. The van der Waals surface area contributed by atoms with Crippen molar-refractivity contribution in [2.75, 3.05) is 0 Å². The Morgan fingerprint density at radius 3 is 1.97 bits per heavy atom. The van der Waals surface area contributed by atoms with E-state index in [2.05, 4.69) is 78.0 Å². The van der Waals surface area contributed by atoms with Crippen LogP contribution in [0.1, 0.15) is 95.5 Å². The normalized spacial score (nSPS) is 12.5. The maximum absolute atomic E-state index is 12.3. The van der Waals surface area contributed by atoms with Crippen molar-refractivity contribution in [2.24, 2.45) is 5.10 Å². The molecular formula is C27H38N2O2. The molecule has 0 aromatic heterocycles. The number of hydrogen-bond donors (Lipinski definition) is 2. The van der Waals surface area contributed by atoms with Gasteiger partial charge in [0.05, 0.1) is 6.21 Å². The van der Waals surface area contributed by atoms with Crippen molar-refractivity contribution >= 4 is 12.1 Å². The molecule has 0 spiro atoms. The van der Waals surface area contributed by atoms with Crippen molar-refractivity contribution in [1.29, 1.82) is 0 Å². The molecule has 0 bridgehead atoms. The lowest BCUT2D eigenvalue weighted by molar-refractivity contribution is -0.121. The number of nitrogens with zero attached hydrogens (tertiary/aromatic N) is 1. The van der Waals surface area contributed by atoms with E-state index in [4.69, 9.17) is 0 Å². The van der Waals surface area contributed by atoms with Crippen molar-refractivity contribution in [2.45, 2.75) is 85.0 Å². The Kier molecular flexibility index (Phi) is 7.69. The predicted octanol–water partition coefficient (Wildman–Crippen LogP) is 6.19.